The molecule has 2 aliphatic rings. The number of hydrogen-bond acceptors (Lipinski definition) is 1. The van der Waals surface area contributed by atoms with E-state index in [4.69, 9.17) is 0 Å². The predicted molar refractivity (Wildman–Crippen MR) is 186 cm³/mol. The van der Waals surface area contributed by atoms with Crippen LogP contribution in [0.15, 0.2) is 176 Å². The first-order valence-corrected chi connectivity index (χ1v) is 15.5. The summed E-state index contributed by atoms with van der Waals surface area (Å²) in [4.78, 5) is 0. The molecular formula is C44H32O. The number of phenols is 1. The van der Waals surface area contributed by atoms with Gasteiger partial charge in [-0.25, -0.2) is 0 Å². The monoisotopic (exact) mass is 576 g/mol. The Hall–Kier alpha value is -5.66. The molecule has 0 saturated carbocycles. The van der Waals surface area contributed by atoms with Crippen molar-refractivity contribution in [3.8, 4) is 39.1 Å². The summed E-state index contributed by atoms with van der Waals surface area (Å²) in [5.74, 6) is 0.310. The van der Waals surface area contributed by atoms with E-state index in [1.165, 1.54) is 61.2 Å². The van der Waals surface area contributed by atoms with Gasteiger partial charge in [0.2, 0.25) is 0 Å². The second-order valence-corrected chi connectivity index (χ2v) is 11.8. The third-order valence-electron chi connectivity index (χ3n) is 9.40. The Labute approximate surface area is 264 Å². The van der Waals surface area contributed by atoms with Crippen molar-refractivity contribution >= 4 is 0 Å². The van der Waals surface area contributed by atoms with Gasteiger partial charge in [0.05, 0.1) is 5.41 Å². The van der Waals surface area contributed by atoms with E-state index in [-0.39, 0.29) is 5.41 Å². The number of fused-ring (bicyclic) bond motifs is 6. The summed E-state index contributed by atoms with van der Waals surface area (Å²) < 4.78 is 0. The first kappa shape index (κ1) is 26.9. The van der Waals surface area contributed by atoms with Crippen molar-refractivity contribution in [2.75, 3.05) is 0 Å². The first-order chi connectivity index (χ1) is 22.2. The van der Waals surface area contributed by atoms with Gasteiger partial charge in [-0.2, -0.15) is 0 Å². The van der Waals surface area contributed by atoms with Gasteiger partial charge in [0.15, 0.2) is 0 Å². The van der Waals surface area contributed by atoms with E-state index in [0.29, 0.717) is 5.75 Å². The summed E-state index contributed by atoms with van der Waals surface area (Å²) >= 11 is 0. The highest BCUT2D eigenvalue weighted by molar-refractivity contribution is 5.86. The van der Waals surface area contributed by atoms with Crippen LogP contribution < -0.4 is 0 Å². The van der Waals surface area contributed by atoms with Crippen LogP contribution in [0.4, 0.5) is 0 Å². The maximum atomic E-state index is 9.44. The molecule has 0 amide bonds. The molecule has 2 aliphatic carbocycles. The molecule has 7 aromatic rings. The van der Waals surface area contributed by atoms with Gasteiger partial charge in [-0.1, -0.05) is 164 Å². The van der Waals surface area contributed by atoms with Crippen LogP contribution in [0.25, 0.3) is 33.4 Å². The Kier molecular flexibility index (Phi) is 6.65. The van der Waals surface area contributed by atoms with Crippen LogP contribution in [0.1, 0.15) is 33.4 Å². The highest BCUT2D eigenvalue weighted by Gasteiger charge is 2.45. The zero-order valence-electron chi connectivity index (χ0n) is 24.9. The molecule has 0 bridgehead atoms. The Morgan fingerprint density at radius 1 is 0.378 bits per heavy atom. The normalized spacial score (nSPS) is 13.1. The molecule has 0 spiro atoms. The summed E-state index contributed by atoms with van der Waals surface area (Å²) in [5.41, 5.74) is 15.7. The van der Waals surface area contributed by atoms with Crippen molar-refractivity contribution in [2.24, 2.45) is 0 Å². The lowest BCUT2D eigenvalue weighted by molar-refractivity contribution is 0.475. The van der Waals surface area contributed by atoms with Gasteiger partial charge < -0.3 is 5.11 Å². The lowest BCUT2D eigenvalue weighted by atomic mass is 9.68. The Balaban J connectivity index is 0.000000137. The van der Waals surface area contributed by atoms with E-state index >= 15 is 0 Å². The standard InChI is InChI=1S/C25H18.C19H14O/c1-3-11-19(12-4-1)25(20-13-5-2-6-14-20)23-17-9-7-15-21(23)22-16-8-10-18-24(22)25;20-15-10-8-13(9-11-15)16-6-3-7-18-17-5-2-1-4-14(17)12-19(16)18/h1-18H;1-11,20H,12H2. The number of aromatic hydroxyl groups is 1. The van der Waals surface area contributed by atoms with Crippen LogP contribution in [0, 0.1) is 0 Å². The van der Waals surface area contributed by atoms with Gasteiger partial charge in [-0.05, 0) is 85.3 Å². The van der Waals surface area contributed by atoms with E-state index in [2.05, 4.69) is 152 Å². The Morgan fingerprint density at radius 2 is 0.844 bits per heavy atom. The molecular weight excluding hydrogens is 544 g/mol. The third kappa shape index (κ3) is 4.39. The maximum Gasteiger partial charge on any atom is 0.115 e. The van der Waals surface area contributed by atoms with E-state index in [1.807, 2.05) is 12.1 Å². The van der Waals surface area contributed by atoms with Crippen LogP contribution in [0.2, 0.25) is 0 Å². The van der Waals surface area contributed by atoms with Gasteiger partial charge in [0.25, 0.3) is 0 Å². The lowest BCUT2D eigenvalue weighted by Gasteiger charge is -2.33. The van der Waals surface area contributed by atoms with Crippen molar-refractivity contribution in [3.05, 3.63) is 209 Å². The highest BCUT2D eigenvalue weighted by atomic mass is 16.3. The highest BCUT2D eigenvalue weighted by Crippen LogP contribution is 2.55. The molecule has 7 aromatic carbocycles. The van der Waals surface area contributed by atoms with E-state index in [9.17, 15) is 5.11 Å². The fourth-order valence-corrected chi connectivity index (χ4v) is 7.47. The topological polar surface area (TPSA) is 20.2 Å². The van der Waals surface area contributed by atoms with Gasteiger partial charge in [-0.3, -0.25) is 0 Å². The van der Waals surface area contributed by atoms with E-state index in [1.54, 1.807) is 12.1 Å². The SMILES string of the molecule is Oc1ccc(-c2cccc3c2Cc2ccccc2-3)cc1.c1ccc(C2(c3ccccc3)c3ccccc3-c3ccccc32)cc1. The van der Waals surface area contributed by atoms with Crippen LogP contribution in [-0.4, -0.2) is 5.11 Å². The minimum atomic E-state index is -0.254. The molecule has 1 nitrogen and oxygen atoms in total. The molecule has 1 N–H and O–H groups in total. The molecule has 0 aliphatic heterocycles. The van der Waals surface area contributed by atoms with Crippen molar-refractivity contribution in [3.63, 3.8) is 0 Å². The third-order valence-corrected chi connectivity index (χ3v) is 9.40. The zero-order chi connectivity index (χ0) is 30.2. The minimum absolute atomic E-state index is 0.254. The van der Waals surface area contributed by atoms with Crippen molar-refractivity contribution in [2.45, 2.75) is 11.8 Å². The van der Waals surface area contributed by atoms with Crippen LogP contribution in [0.3, 0.4) is 0 Å². The molecule has 214 valence electrons. The van der Waals surface area contributed by atoms with Crippen LogP contribution >= 0.6 is 0 Å². The molecule has 0 aromatic heterocycles. The fourth-order valence-electron chi connectivity index (χ4n) is 7.47. The maximum absolute atomic E-state index is 9.44. The van der Waals surface area contributed by atoms with Crippen molar-refractivity contribution in [1.29, 1.82) is 0 Å². The van der Waals surface area contributed by atoms with Gasteiger partial charge in [0, 0.05) is 0 Å². The average Bonchev–Trinajstić information content (AvgIpc) is 3.64. The minimum Gasteiger partial charge on any atom is -0.508 e. The molecule has 0 fully saturated rings. The van der Waals surface area contributed by atoms with Gasteiger partial charge >= 0.3 is 0 Å². The van der Waals surface area contributed by atoms with E-state index in [0.717, 1.165) is 12.0 Å². The molecule has 0 heterocycles. The second-order valence-electron chi connectivity index (χ2n) is 11.8. The number of phenolic OH excluding ortho intramolecular Hbond substituents is 1. The second kappa shape index (κ2) is 11.1. The molecule has 1 heteroatoms. The largest absolute Gasteiger partial charge is 0.508 e. The van der Waals surface area contributed by atoms with Gasteiger partial charge in [0.1, 0.15) is 5.75 Å². The summed E-state index contributed by atoms with van der Waals surface area (Å²) in [6, 6.07) is 62.0. The zero-order valence-corrected chi connectivity index (χ0v) is 24.9. The fraction of sp³-hybridized carbons (Fsp3) is 0.0455. The van der Waals surface area contributed by atoms with Crippen LogP contribution in [0.5, 0.6) is 5.75 Å². The summed E-state index contributed by atoms with van der Waals surface area (Å²) in [6.45, 7) is 0. The smallest absolute Gasteiger partial charge is 0.115 e. The number of rotatable bonds is 3. The molecule has 0 unspecified atom stereocenters. The Morgan fingerprint density at radius 3 is 1.44 bits per heavy atom. The Bertz CT molecular complexity index is 2040. The average molecular weight is 577 g/mol. The number of hydrogen-bond donors (Lipinski definition) is 1. The van der Waals surface area contributed by atoms with Crippen LogP contribution in [-0.2, 0) is 11.8 Å². The van der Waals surface area contributed by atoms with Gasteiger partial charge in [-0.15, -0.1) is 0 Å². The van der Waals surface area contributed by atoms with Crippen molar-refractivity contribution in [1.82, 2.24) is 0 Å². The molecule has 0 saturated heterocycles. The molecule has 0 atom stereocenters. The summed E-state index contributed by atoms with van der Waals surface area (Å²) in [7, 11) is 0. The predicted octanol–water partition coefficient (Wildman–Crippen LogP) is 10.7. The lowest BCUT2D eigenvalue weighted by Crippen LogP contribution is -2.28. The summed E-state index contributed by atoms with van der Waals surface area (Å²) in [5, 5.41) is 9.44. The first-order valence-electron chi connectivity index (χ1n) is 15.5. The quantitative estimate of drug-likeness (QED) is 0.222. The molecule has 0 radical (unpaired) electrons. The van der Waals surface area contributed by atoms with Crippen molar-refractivity contribution < 1.29 is 5.11 Å². The summed E-state index contributed by atoms with van der Waals surface area (Å²) in [6.07, 6.45) is 0.989. The molecule has 9 rings (SSSR count). The molecule has 45 heavy (non-hydrogen) atoms. The number of benzene rings is 7. The van der Waals surface area contributed by atoms with E-state index < -0.39 is 0 Å².